The van der Waals surface area contributed by atoms with Crippen molar-refractivity contribution in [2.45, 2.75) is 119 Å². The van der Waals surface area contributed by atoms with E-state index in [2.05, 4.69) is 127 Å². The lowest BCUT2D eigenvalue weighted by Crippen LogP contribution is -2.51. The minimum atomic E-state index is -0.412. The van der Waals surface area contributed by atoms with Gasteiger partial charge >= 0.3 is 6.09 Å². The van der Waals surface area contributed by atoms with Crippen molar-refractivity contribution in [3.63, 3.8) is 0 Å². The second kappa shape index (κ2) is 19.7. The molecule has 54 heavy (non-hydrogen) atoms. The molecular formula is C46H76N6O2. The molecule has 5 unspecified atom stereocenters. The molecular weight excluding hydrogens is 669 g/mol. The summed E-state index contributed by atoms with van der Waals surface area (Å²) in [7, 11) is 4.09. The Kier molecular flexibility index (Phi) is 16.2. The number of nitrogens with one attached hydrogen (secondary N) is 5. The maximum absolute atomic E-state index is 12.4. The lowest BCUT2D eigenvalue weighted by Gasteiger charge is -2.41. The van der Waals surface area contributed by atoms with Crippen LogP contribution in [-0.2, 0) is 11.3 Å². The van der Waals surface area contributed by atoms with E-state index in [0.29, 0.717) is 43.2 Å². The predicted molar refractivity (Wildman–Crippen MR) is 228 cm³/mol. The van der Waals surface area contributed by atoms with E-state index in [1.807, 2.05) is 37.4 Å². The summed E-state index contributed by atoms with van der Waals surface area (Å²) in [6, 6.07) is 9.97. The standard InChI is InChI=1S/C46H76N6O2/c1-16-46(12,13)43(51-36(8)50-41(45(9,10)11)25-26-54-44(53)48-28-38-21-18-17-19-22-38)35(7)52(15)29-39-32(4)42(39)31(3)34(6)49-40(27-37-23-20-24-37)30(2)33(5)47-14/h17-19,21-22,31-32,37,39-43,47,49-51H,2,5-8,16,20,23-29H2,1,3-4,9-15H3,(H,48,53)/t31?,32?,39-,40?,41?,42+,43?/m1/s1. The van der Waals surface area contributed by atoms with Crippen LogP contribution in [0.3, 0.4) is 0 Å². The van der Waals surface area contributed by atoms with Crippen LogP contribution in [0.1, 0.15) is 99.5 Å². The van der Waals surface area contributed by atoms with Crippen LogP contribution < -0.4 is 26.6 Å². The number of carbonyl (C=O) groups is 1. The number of allylic oxidation sites excluding steroid dienone is 1. The third-order valence-electron chi connectivity index (χ3n) is 12.7. The Bertz CT molecular complexity index is 1440. The number of alkyl carbamates (subject to hydrolysis) is 1. The molecule has 2 aliphatic rings. The average Bonchev–Trinajstić information content (AvgIpc) is 3.75. The van der Waals surface area contributed by atoms with Gasteiger partial charge in [0, 0.05) is 56.7 Å². The van der Waals surface area contributed by atoms with Crippen LogP contribution in [0.15, 0.2) is 91.7 Å². The first-order valence-electron chi connectivity index (χ1n) is 20.4. The van der Waals surface area contributed by atoms with Crippen LogP contribution in [-0.4, -0.2) is 56.4 Å². The lowest BCUT2D eigenvalue weighted by molar-refractivity contribution is 0.130. The molecule has 0 radical (unpaired) electrons. The minimum absolute atomic E-state index is 0.0221. The molecule has 0 saturated heterocycles. The summed E-state index contributed by atoms with van der Waals surface area (Å²) in [5.41, 5.74) is 4.93. The molecule has 1 amide bonds. The predicted octanol–water partition coefficient (Wildman–Crippen LogP) is 9.09. The molecule has 2 fully saturated rings. The van der Waals surface area contributed by atoms with E-state index >= 15 is 0 Å². The highest BCUT2D eigenvalue weighted by Gasteiger charge is 2.51. The molecule has 2 aliphatic carbocycles. The largest absolute Gasteiger partial charge is 0.449 e. The Labute approximate surface area is 329 Å². The van der Waals surface area contributed by atoms with E-state index in [0.717, 1.165) is 59.4 Å². The first-order chi connectivity index (χ1) is 25.3. The first-order valence-corrected chi connectivity index (χ1v) is 20.4. The first kappa shape index (κ1) is 44.6. The van der Waals surface area contributed by atoms with Gasteiger partial charge in [0.25, 0.3) is 0 Å². The zero-order valence-corrected chi connectivity index (χ0v) is 35.7. The van der Waals surface area contributed by atoms with E-state index in [1.54, 1.807) is 0 Å². The Hall–Kier alpha value is -3.81. The Balaban J connectivity index is 1.58. The van der Waals surface area contributed by atoms with Gasteiger partial charge < -0.3 is 36.2 Å². The normalized spacial score (nSPS) is 20.5. The molecule has 7 atom stereocenters. The molecule has 302 valence electrons. The van der Waals surface area contributed by atoms with Crippen LogP contribution in [0.2, 0.25) is 0 Å². The minimum Gasteiger partial charge on any atom is -0.449 e. The van der Waals surface area contributed by atoms with Gasteiger partial charge in [0.2, 0.25) is 0 Å². The van der Waals surface area contributed by atoms with Crippen molar-refractivity contribution in [3.8, 4) is 0 Å². The summed E-state index contributed by atoms with van der Waals surface area (Å²) in [4.78, 5) is 14.8. The summed E-state index contributed by atoms with van der Waals surface area (Å²) < 4.78 is 5.57. The van der Waals surface area contributed by atoms with Gasteiger partial charge in [-0.15, -0.1) is 0 Å². The summed E-state index contributed by atoms with van der Waals surface area (Å²) in [5, 5.41) is 17.2. The zero-order valence-electron chi connectivity index (χ0n) is 35.7. The third-order valence-corrected chi connectivity index (χ3v) is 12.7. The Morgan fingerprint density at radius 2 is 1.65 bits per heavy atom. The number of hydrogen-bond acceptors (Lipinski definition) is 7. The Morgan fingerprint density at radius 1 is 1.00 bits per heavy atom. The molecule has 2 saturated carbocycles. The van der Waals surface area contributed by atoms with Gasteiger partial charge in [-0.2, -0.15) is 0 Å². The van der Waals surface area contributed by atoms with Gasteiger partial charge in [0.15, 0.2) is 0 Å². The number of benzene rings is 1. The van der Waals surface area contributed by atoms with Gasteiger partial charge in [-0.3, -0.25) is 0 Å². The van der Waals surface area contributed by atoms with Gasteiger partial charge in [-0.05, 0) is 64.4 Å². The van der Waals surface area contributed by atoms with Gasteiger partial charge in [-0.25, -0.2) is 4.79 Å². The van der Waals surface area contributed by atoms with Crippen molar-refractivity contribution in [1.29, 1.82) is 0 Å². The SMILES string of the molecule is C=C(NC(CCOC(=O)NCc1ccccc1)C(C)(C)C)NC(C(=C)N(C)C[C@@H]1C(C)[C@@H]1C(C)C(=C)NC(CC1CCC1)C(=C)C(=C)NC)C(C)(C)CC. The van der Waals surface area contributed by atoms with Crippen molar-refractivity contribution in [1.82, 2.24) is 31.5 Å². The highest BCUT2D eigenvalue weighted by Crippen LogP contribution is 2.53. The van der Waals surface area contributed by atoms with E-state index < -0.39 is 6.09 Å². The van der Waals surface area contributed by atoms with Gasteiger partial charge in [-0.1, -0.05) is 138 Å². The molecule has 1 aromatic carbocycles. The zero-order chi connectivity index (χ0) is 40.4. The summed E-state index contributed by atoms with van der Waals surface area (Å²) in [6.07, 6.45) is 6.21. The maximum atomic E-state index is 12.4. The van der Waals surface area contributed by atoms with Crippen LogP contribution in [0.4, 0.5) is 4.79 Å². The molecule has 8 nitrogen and oxygen atoms in total. The molecule has 0 aliphatic heterocycles. The van der Waals surface area contributed by atoms with E-state index in [9.17, 15) is 4.79 Å². The molecule has 5 N–H and O–H groups in total. The highest BCUT2D eigenvalue weighted by molar-refractivity contribution is 5.67. The number of hydrogen-bond donors (Lipinski definition) is 5. The van der Waals surface area contributed by atoms with Gasteiger partial charge in [0.1, 0.15) is 0 Å². The van der Waals surface area contributed by atoms with Crippen molar-refractivity contribution in [2.24, 2.45) is 40.4 Å². The van der Waals surface area contributed by atoms with Crippen molar-refractivity contribution < 1.29 is 9.53 Å². The van der Waals surface area contributed by atoms with Crippen molar-refractivity contribution in [2.75, 3.05) is 27.2 Å². The molecule has 0 bridgehead atoms. The number of likely N-dealkylation sites (N-methyl/N-ethyl adjacent to an activating group) is 2. The summed E-state index contributed by atoms with van der Waals surface area (Å²) >= 11 is 0. The molecule has 0 aromatic heterocycles. The van der Waals surface area contributed by atoms with E-state index in [4.69, 9.17) is 4.74 Å². The number of nitrogens with zero attached hydrogens (tertiary/aromatic N) is 1. The lowest BCUT2D eigenvalue weighted by atomic mass is 9.79. The van der Waals surface area contributed by atoms with Crippen LogP contribution in [0.25, 0.3) is 0 Å². The van der Waals surface area contributed by atoms with Gasteiger partial charge in [0.05, 0.1) is 24.5 Å². The second-order valence-electron chi connectivity index (χ2n) is 18.0. The van der Waals surface area contributed by atoms with E-state index in [1.165, 1.54) is 19.3 Å². The van der Waals surface area contributed by atoms with Crippen LogP contribution in [0.5, 0.6) is 0 Å². The van der Waals surface area contributed by atoms with E-state index in [-0.39, 0.29) is 29.0 Å². The van der Waals surface area contributed by atoms with Crippen LogP contribution in [0, 0.1) is 40.4 Å². The second-order valence-corrected chi connectivity index (χ2v) is 18.0. The third kappa shape index (κ3) is 12.6. The number of amides is 1. The topological polar surface area (TPSA) is 89.7 Å². The van der Waals surface area contributed by atoms with Crippen LogP contribution >= 0.6 is 0 Å². The quantitative estimate of drug-likeness (QED) is 0.0676. The monoisotopic (exact) mass is 745 g/mol. The highest BCUT2D eigenvalue weighted by atomic mass is 16.5. The molecule has 3 rings (SSSR count). The smallest absolute Gasteiger partial charge is 0.407 e. The Morgan fingerprint density at radius 3 is 2.20 bits per heavy atom. The summed E-state index contributed by atoms with van der Waals surface area (Å²) in [6.45, 7) is 42.0. The maximum Gasteiger partial charge on any atom is 0.407 e. The summed E-state index contributed by atoms with van der Waals surface area (Å²) in [5.74, 6) is 3.51. The molecule has 1 aromatic rings. The molecule has 0 heterocycles. The molecule has 8 heteroatoms. The number of carbonyl (C=O) groups excluding carboxylic acids is 1. The fraction of sp³-hybridized carbons (Fsp3) is 0.630. The fourth-order valence-corrected chi connectivity index (χ4v) is 7.83. The fourth-order valence-electron chi connectivity index (χ4n) is 7.83. The molecule has 0 spiro atoms. The van der Waals surface area contributed by atoms with Crippen molar-refractivity contribution in [3.05, 3.63) is 97.3 Å². The number of ether oxygens (including phenoxy) is 1. The number of rotatable bonds is 24. The average molecular weight is 745 g/mol. The van der Waals surface area contributed by atoms with Crippen molar-refractivity contribution >= 4 is 6.09 Å².